The third kappa shape index (κ3) is 2.31. The molecule has 0 bridgehead atoms. The largest absolute Gasteiger partial charge is 0.331 e. The van der Waals surface area contributed by atoms with Gasteiger partial charge in [-0.05, 0) is 18.8 Å². The highest BCUT2D eigenvalue weighted by atomic mass is 32.2. The highest BCUT2D eigenvalue weighted by Crippen LogP contribution is 2.27. The first-order valence-electron chi connectivity index (χ1n) is 6.57. The van der Waals surface area contributed by atoms with Gasteiger partial charge in [0.1, 0.15) is 5.82 Å². The second-order valence-corrected chi connectivity index (χ2v) is 6.57. The van der Waals surface area contributed by atoms with Crippen LogP contribution in [-0.2, 0) is 29.4 Å². The zero-order valence-electron chi connectivity index (χ0n) is 11.2. The first-order chi connectivity index (χ1) is 8.49. The minimum Gasteiger partial charge on any atom is -0.331 e. The Balaban J connectivity index is 2.52. The van der Waals surface area contributed by atoms with E-state index in [2.05, 4.69) is 21.2 Å². The maximum atomic E-state index is 12.2. The lowest BCUT2D eigenvalue weighted by Gasteiger charge is -2.22. The zero-order chi connectivity index (χ0) is 13.3. The van der Waals surface area contributed by atoms with Crippen molar-refractivity contribution in [3.63, 3.8) is 0 Å². The Morgan fingerprint density at radius 3 is 2.78 bits per heavy atom. The summed E-state index contributed by atoms with van der Waals surface area (Å²) in [7, 11) is -3.45. The number of hydrogen-bond acceptors (Lipinski definition) is 3. The van der Waals surface area contributed by atoms with Crippen LogP contribution in [0.3, 0.4) is 0 Å². The molecular formula is C12H21N3O2S. The van der Waals surface area contributed by atoms with Gasteiger partial charge in [0.25, 0.3) is 10.0 Å². The van der Waals surface area contributed by atoms with Gasteiger partial charge in [-0.1, -0.05) is 20.8 Å². The Kier molecular flexibility index (Phi) is 3.77. The molecule has 0 saturated carbocycles. The molecule has 2 rings (SSSR count). The van der Waals surface area contributed by atoms with Crippen molar-refractivity contribution in [1.29, 1.82) is 0 Å². The van der Waals surface area contributed by atoms with Crippen LogP contribution in [0.4, 0.5) is 0 Å². The second kappa shape index (κ2) is 5.01. The smallest absolute Gasteiger partial charge is 0.259 e. The molecule has 0 radical (unpaired) electrons. The first-order valence-corrected chi connectivity index (χ1v) is 8.05. The van der Waals surface area contributed by atoms with E-state index in [4.69, 9.17) is 0 Å². The molecule has 0 aliphatic carbocycles. The number of nitrogens with one attached hydrogen (secondary N) is 1. The van der Waals surface area contributed by atoms with Crippen molar-refractivity contribution >= 4 is 10.0 Å². The average molecular weight is 271 g/mol. The Hall–Kier alpha value is -0.880. The van der Waals surface area contributed by atoms with Crippen LogP contribution < -0.4 is 4.72 Å². The molecule has 18 heavy (non-hydrogen) atoms. The van der Waals surface area contributed by atoms with Crippen molar-refractivity contribution in [3.8, 4) is 0 Å². The van der Waals surface area contributed by atoms with Crippen molar-refractivity contribution in [3.05, 3.63) is 11.5 Å². The molecule has 0 spiro atoms. The summed E-state index contributed by atoms with van der Waals surface area (Å²) in [6.07, 6.45) is 2.66. The van der Waals surface area contributed by atoms with Crippen LogP contribution in [0, 0.1) is 5.92 Å². The summed E-state index contributed by atoms with van der Waals surface area (Å²) in [6, 6.07) is 0. The quantitative estimate of drug-likeness (QED) is 0.898. The molecule has 1 aliphatic heterocycles. The predicted octanol–water partition coefficient (Wildman–Crippen LogP) is 1.33. The highest BCUT2D eigenvalue weighted by molar-refractivity contribution is 7.89. The van der Waals surface area contributed by atoms with Crippen molar-refractivity contribution in [2.45, 2.75) is 51.6 Å². The van der Waals surface area contributed by atoms with Gasteiger partial charge >= 0.3 is 0 Å². The Morgan fingerprint density at radius 2 is 2.17 bits per heavy atom. The minimum atomic E-state index is -3.45. The van der Waals surface area contributed by atoms with Crippen LogP contribution in [-0.4, -0.2) is 24.5 Å². The Bertz CT molecular complexity index is 534. The van der Waals surface area contributed by atoms with Crippen LogP contribution in [0.25, 0.3) is 0 Å². The number of fused-ring (bicyclic) bond motifs is 1. The first kappa shape index (κ1) is 13.5. The van der Waals surface area contributed by atoms with E-state index in [1.54, 1.807) is 6.92 Å². The molecule has 0 amide bonds. The van der Waals surface area contributed by atoms with Gasteiger partial charge in [0.2, 0.25) is 0 Å². The fourth-order valence-corrected chi connectivity index (χ4v) is 3.75. The average Bonchev–Trinajstić information content (AvgIpc) is 2.67. The molecule has 0 fully saturated rings. The second-order valence-electron chi connectivity index (χ2n) is 4.88. The lowest BCUT2D eigenvalue weighted by Crippen LogP contribution is -2.26. The SMILES string of the molecule is CCNS(=O)(=O)c1nc(CC)n2c1CC(C)CC2. The molecule has 102 valence electrons. The number of rotatable bonds is 4. The minimum absolute atomic E-state index is 0.243. The van der Waals surface area contributed by atoms with Crippen LogP contribution in [0.1, 0.15) is 38.7 Å². The number of aryl methyl sites for hydroxylation is 1. The Morgan fingerprint density at radius 1 is 1.44 bits per heavy atom. The summed E-state index contributed by atoms with van der Waals surface area (Å²) in [6.45, 7) is 7.23. The van der Waals surface area contributed by atoms with Crippen LogP contribution in [0.15, 0.2) is 5.03 Å². The van der Waals surface area contributed by atoms with E-state index in [0.717, 1.165) is 37.3 Å². The maximum Gasteiger partial charge on any atom is 0.259 e. The monoisotopic (exact) mass is 271 g/mol. The van der Waals surface area contributed by atoms with Crippen LogP contribution in [0.2, 0.25) is 0 Å². The normalized spacial score (nSPS) is 19.8. The van der Waals surface area contributed by atoms with E-state index < -0.39 is 10.0 Å². The van der Waals surface area contributed by atoms with Gasteiger partial charge in [-0.2, -0.15) is 0 Å². The topological polar surface area (TPSA) is 64.0 Å². The van der Waals surface area contributed by atoms with Crippen molar-refractivity contribution < 1.29 is 8.42 Å². The third-order valence-corrected chi connectivity index (χ3v) is 4.91. The van der Waals surface area contributed by atoms with Crippen LogP contribution >= 0.6 is 0 Å². The lowest BCUT2D eigenvalue weighted by molar-refractivity contribution is 0.405. The maximum absolute atomic E-state index is 12.2. The van der Waals surface area contributed by atoms with E-state index in [9.17, 15) is 8.42 Å². The zero-order valence-corrected chi connectivity index (χ0v) is 12.0. The molecule has 1 atom stereocenters. The van der Waals surface area contributed by atoms with Crippen molar-refractivity contribution in [2.75, 3.05) is 6.54 Å². The Labute approximate surface area is 109 Å². The molecule has 1 unspecified atom stereocenters. The van der Waals surface area contributed by atoms with Gasteiger partial charge in [-0.25, -0.2) is 18.1 Å². The number of aromatic nitrogens is 2. The molecule has 1 aromatic rings. The summed E-state index contributed by atoms with van der Waals surface area (Å²) < 4.78 is 28.9. The summed E-state index contributed by atoms with van der Waals surface area (Å²) in [4.78, 5) is 4.35. The van der Waals surface area contributed by atoms with Gasteiger partial charge in [-0.15, -0.1) is 0 Å². The fourth-order valence-electron chi connectivity index (χ4n) is 2.50. The van der Waals surface area contributed by atoms with Gasteiger partial charge in [0.05, 0.1) is 5.69 Å². The van der Waals surface area contributed by atoms with E-state index in [1.807, 2.05) is 6.92 Å². The molecule has 0 aromatic carbocycles. The van der Waals surface area contributed by atoms with Gasteiger partial charge in [-0.3, -0.25) is 0 Å². The third-order valence-electron chi connectivity index (χ3n) is 3.41. The molecule has 5 nitrogen and oxygen atoms in total. The number of sulfonamides is 1. The van der Waals surface area contributed by atoms with E-state index >= 15 is 0 Å². The van der Waals surface area contributed by atoms with E-state index in [-0.39, 0.29) is 5.03 Å². The van der Waals surface area contributed by atoms with Crippen molar-refractivity contribution in [1.82, 2.24) is 14.3 Å². The molecule has 1 N–H and O–H groups in total. The van der Waals surface area contributed by atoms with E-state index in [1.165, 1.54) is 0 Å². The molecule has 2 heterocycles. The summed E-state index contributed by atoms with van der Waals surface area (Å²) in [5, 5.41) is 0.243. The fraction of sp³-hybridized carbons (Fsp3) is 0.750. The van der Waals surface area contributed by atoms with Crippen LogP contribution in [0.5, 0.6) is 0 Å². The lowest BCUT2D eigenvalue weighted by atomic mass is 9.98. The predicted molar refractivity (Wildman–Crippen MR) is 70.0 cm³/mol. The molecule has 1 aliphatic rings. The number of nitrogens with zero attached hydrogens (tertiary/aromatic N) is 2. The molecule has 0 saturated heterocycles. The molecule has 6 heteroatoms. The summed E-state index contributed by atoms with van der Waals surface area (Å²) in [5.74, 6) is 1.41. The molecular weight excluding hydrogens is 250 g/mol. The molecule has 1 aromatic heterocycles. The van der Waals surface area contributed by atoms with Gasteiger partial charge < -0.3 is 4.57 Å². The highest BCUT2D eigenvalue weighted by Gasteiger charge is 2.29. The van der Waals surface area contributed by atoms with Gasteiger partial charge in [0, 0.05) is 19.5 Å². The summed E-state index contributed by atoms with van der Waals surface area (Å²) >= 11 is 0. The number of hydrogen-bond donors (Lipinski definition) is 1. The number of imidazole rings is 1. The van der Waals surface area contributed by atoms with Gasteiger partial charge in [0.15, 0.2) is 5.03 Å². The standard InChI is InChI=1S/C12H21N3O2S/c1-4-11-14-12(18(16,17)13-5-2)10-8-9(3)6-7-15(10)11/h9,13H,4-8H2,1-3H3. The van der Waals surface area contributed by atoms with Crippen molar-refractivity contribution in [2.24, 2.45) is 5.92 Å². The summed E-state index contributed by atoms with van der Waals surface area (Å²) in [5.41, 5.74) is 0.881. The van der Waals surface area contributed by atoms with E-state index in [0.29, 0.717) is 12.5 Å².